The monoisotopic (exact) mass is 369 g/mol. The molecule has 3 aromatic rings. The Morgan fingerprint density at radius 3 is 2.65 bits per heavy atom. The zero-order valence-electron chi connectivity index (χ0n) is 14.4. The predicted octanol–water partition coefficient (Wildman–Crippen LogP) is 3.24. The number of amides is 1. The molecule has 134 valence electrons. The molecule has 26 heavy (non-hydrogen) atoms. The number of hydrogen-bond donors (Lipinski definition) is 3. The van der Waals surface area contributed by atoms with E-state index in [2.05, 4.69) is 25.8 Å². The summed E-state index contributed by atoms with van der Waals surface area (Å²) in [5.74, 6) is 0.990. The Morgan fingerprint density at radius 1 is 1.12 bits per heavy atom. The minimum atomic E-state index is -0.151. The fraction of sp³-hybridized carbons (Fsp3) is 0.211. The third-order valence-electron chi connectivity index (χ3n) is 3.84. The molecule has 0 unspecified atom stereocenters. The Labute approximate surface area is 157 Å². The normalized spacial score (nSPS) is 10.5. The smallest absolute Gasteiger partial charge is 0.228 e. The number of aromatic amines is 1. The first-order valence-electron chi connectivity index (χ1n) is 8.31. The first-order valence-corrected chi connectivity index (χ1v) is 8.69. The largest absolute Gasteiger partial charge is 0.378 e. The Balaban J connectivity index is 1.47. The van der Waals surface area contributed by atoms with Gasteiger partial charge in [0.05, 0.1) is 13.0 Å². The number of nitrogens with one attached hydrogen (secondary N) is 3. The lowest BCUT2D eigenvalue weighted by Gasteiger charge is -2.05. The third-order valence-corrected chi connectivity index (χ3v) is 4.21. The van der Waals surface area contributed by atoms with E-state index in [-0.39, 0.29) is 12.3 Å². The average molecular weight is 370 g/mol. The van der Waals surface area contributed by atoms with Crippen LogP contribution in [0.15, 0.2) is 48.5 Å². The molecule has 3 N–H and O–H groups in total. The molecule has 0 radical (unpaired) electrons. The molecule has 7 heteroatoms. The number of aryl methyl sites for hydroxylation is 1. The number of anilines is 1. The number of benzene rings is 2. The van der Waals surface area contributed by atoms with Gasteiger partial charge < -0.3 is 10.6 Å². The molecule has 0 spiro atoms. The molecule has 0 saturated heterocycles. The molecular formula is C19H20ClN5O. The highest BCUT2D eigenvalue weighted by atomic mass is 35.5. The van der Waals surface area contributed by atoms with Crippen molar-refractivity contribution in [2.24, 2.45) is 0 Å². The van der Waals surface area contributed by atoms with Crippen LogP contribution in [-0.4, -0.2) is 21.1 Å². The van der Waals surface area contributed by atoms with Crippen LogP contribution in [0.2, 0.25) is 5.02 Å². The maximum absolute atomic E-state index is 12.1. The molecule has 1 heterocycles. The van der Waals surface area contributed by atoms with Crippen LogP contribution in [0.1, 0.15) is 22.8 Å². The molecular weight excluding hydrogens is 350 g/mol. The molecule has 0 bridgehead atoms. The molecule has 6 nitrogen and oxygen atoms in total. The van der Waals surface area contributed by atoms with E-state index in [0.29, 0.717) is 29.8 Å². The minimum absolute atomic E-state index is 0.117. The van der Waals surface area contributed by atoms with Crippen LogP contribution in [0.4, 0.5) is 5.69 Å². The highest BCUT2D eigenvalue weighted by molar-refractivity contribution is 6.31. The zero-order valence-corrected chi connectivity index (χ0v) is 15.2. The minimum Gasteiger partial charge on any atom is -0.378 e. The van der Waals surface area contributed by atoms with Crippen molar-refractivity contribution < 1.29 is 4.79 Å². The molecule has 0 aliphatic heterocycles. The first-order chi connectivity index (χ1) is 12.6. The van der Waals surface area contributed by atoms with E-state index in [4.69, 9.17) is 11.6 Å². The Morgan fingerprint density at radius 2 is 1.88 bits per heavy atom. The van der Waals surface area contributed by atoms with E-state index < -0.39 is 0 Å². The summed E-state index contributed by atoms with van der Waals surface area (Å²) in [4.78, 5) is 16.4. The summed E-state index contributed by atoms with van der Waals surface area (Å²) in [5, 5.41) is 13.7. The van der Waals surface area contributed by atoms with E-state index in [1.807, 2.05) is 49.4 Å². The molecule has 0 saturated carbocycles. The highest BCUT2D eigenvalue weighted by Gasteiger charge is 2.09. The van der Waals surface area contributed by atoms with E-state index in [0.717, 1.165) is 11.3 Å². The Bertz CT molecular complexity index is 876. The summed E-state index contributed by atoms with van der Waals surface area (Å²) in [6.07, 6.45) is 0.117. The van der Waals surface area contributed by atoms with Gasteiger partial charge in [-0.05, 0) is 30.7 Å². The zero-order chi connectivity index (χ0) is 18.4. The molecule has 3 rings (SSSR count). The van der Waals surface area contributed by atoms with Crippen molar-refractivity contribution in [2.45, 2.75) is 26.4 Å². The fourth-order valence-electron chi connectivity index (χ4n) is 2.39. The topological polar surface area (TPSA) is 82.7 Å². The van der Waals surface area contributed by atoms with Crippen molar-refractivity contribution >= 4 is 23.2 Å². The number of halogens is 1. The van der Waals surface area contributed by atoms with Gasteiger partial charge in [-0.15, -0.1) is 0 Å². The molecule has 1 aromatic heterocycles. The van der Waals surface area contributed by atoms with Gasteiger partial charge in [-0.2, -0.15) is 5.10 Å². The summed E-state index contributed by atoms with van der Waals surface area (Å²) in [6.45, 7) is 2.94. The third kappa shape index (κ3) is 5.07. The number of H-pyrrole nitrogens is 1. The highest BCUT2D eigenvalue weighted by Crippen LogP contribution is 2.14. The first kappa shape index (κ1) is 17.9. The van der Waals surface area contributed by atoms with Gasteiger partial charge in [0, 0.05) is 17.3 Å². The lowest BCUT2D eigenvalue weighted by molar-refractivity contribution is -0.120. The van der Waals surface area contributed by atoms with Crippen LogP contribution in [0.3, 0.4) is 0 Å². The summed E-state index contributed by atoms with van der Waals surface area (Å²) in [6, 6.07) is 15.5. The quantitative estimate of drug-likeness (QED) is 0.597. The maximum atomic E-state index is 12.1. The predicted molar refractivity (Wildman–Crippen MR) is 102 cm³/mol. The molecule has 1 amide bonds. The lowest BCUT2D eigenvalue weighted by Crippen LogP contribution is -2.25. The van der Waals surface area contributed by atoms with E-state index >= 15 is 0 Å². The van der Waals surface area contributed by atoms with Gasteiger partial charge in [-0.3, -0.25) is 9.89 Å². The molecule has 0 aliphatic carbocycles. The number of hydrogen-bond acceptors (Lipinski definition) is 4. The van der Waals surface area contributed by atoms with Gasteiger partial charge in [0.1, 0.15) is 5.82 Å². The number of rotatable bonds is 7. The summed E-state index contributed by atoms with van der Waals surface area (Å²) >= 11 is 6.08. The second-order valence-corrected chi connectivity index (χ2v) is 6.37. The molecule has 0 atom stereocenters. The van der Waals surface area contributed by atoms with Crippen molar-refractivity contribution in [1.29, 1.82) is 0 Å². The fourth-order valence-corrected chi connectivity index (χ4v) is 2.59. The molecule has 2 aromatic carbocycles. The number of carbonyl (C=O) groups is 1. The van der Waals surface area contributed by atoms with E-state index in [9.17, 15) is 4.79 Å². The number of carbonyl (C=O) groups excluding carboxylic acids is 1. The van der Waals surface area contributed by atoms with Crippen LogP contribution in [0, 0.1) is 6.92 Å². The van der Waals surface area contributed by atoms with Gasteiger partial charge in [0.2, 0.25) is 5.91 Å². The maximum Gasteiger partial charge on any atom is 0.228 e. The van der Waals surface area contributed by atoms with E-state index in [1.54, 1.807) is 6.07 Å². The lowest BCUT2D eigenvalue weighted by atomic mass is 10.2. The van der Waals surface area contributed by atoms with Crippen LogP contribution < -0.4 is 10.6 Å². The van der Waals surface area contributed by atoms with Crippen LogP contribution >= 0.6 is 11.6 Å². The van der Waals surface area contributed by atoms with Crippen LogP contribution in [0.5, 0.6) is 0 Å². The average Bonchev–Trinajstić information content (AvgIpc) is 3.08. The van der Waals surface area contributed by atoms with Gasteiger partial charge in [-0.1, -0.05) is 47.5 Å². The van der Waals surface area contributed by atoms with Gasteiger partial charge in [0.25, 0.3) is 0 Å². The summed E-state index contributed by atoms with van der Waals surface area (Å²) in [7, 11) is 0. The van der Waals surface area contributed by atoms with Gasteiger partial charge in [0.15, 0.2) is 5.82 Å². The molecule has 0 fully saturated rings. The van der Waals surface area contributed by atoms with Crippen LogP contribution in [0.25, 0.3) is 0 Å². The standard InChI is InChI=1S/C19H20ClN5O/c1-13-6-8-15(9-7-13)21-12-18-23-17(24-25-18)10-19(26)22-11-14-4-2-3-5-16(14)20/h2-9,21H,10-12H2,1H3,(H,22,26)(H,23,24,25). The second-order valence-electron chi connectivity index (χ2n) is 5.96. The Kier molecular flexibility index (Phi) is 5.86. The SMILES string of the molecule is Cc1ccc(NCc2nc(CC(=O)NCc3ccccc3Cl)n[nH]2)cc1. The molecule has 0 aliphatic rings. The van der Waals surface area contributed by atoms with Crippen molar-refractivity contribution in [1.82, 2.24) is 20.5 Å². The van der Waals surface area contributed by atoms with Gasteiger partial charge in [-0.25, -0.2) is 4.98 Å². The van der Waals surface area contributed by atoms with Crippen molar-refractivity contribution in [3.8, 4) is 0 Å². The van der Waals surface area contributed by atoms with Gasteiger partial charge >= 0.3 is 0 Å². The number of nitrogens with zero attached hydrogens (tertiary/aromatic N) is 2. The summed E-state index contributed by atoms with van der Waals surface area (Å²) in [5.41, 5.74) is 3.09. The van der Waals surface area contributed by atoms with Crippen molar-refractivity contribution in [2.75, 3.05) is 5.32 Å². The Hall–Kier alpha value is -2.86. The second kappa shape index (κ2) is 8.49. The van der Waals surface area contributed by atoms with Crippen molar-refractivity contribution in [3.63, 3.8) is 0 Å². The van der Waals surface area contributed by atoms with E-state index in [1.165, 1.54) is 5.56 Å². The van der Waals surface area contributed by atoms with Crippen LogP contribution in [-0.2, 0) is 24.3 Å². The van der Waals surface area contributed by atoms with Crippen molar-refractivity contribution in [3.05, 3.63) is 76.3 Å². The summed E-state index contributed by atoms with van der Waals surface area (Å²) < 4.78 is 0. The number of aromatic nitrogens is 3.